The number of hydrogen-bond donors (Lipinski definition) is 2. The van der Waals surface area contributed by atoms with Crippen LogP contribution in [0, 0.1) is 5.92 Å². The van der Waals surface area contributed by atoms with Gasteiger partial charge in [-0.2, -0.15) is 0 Å². The number of aliphatic imine (C=N–C) groups is 1. The molecule has 7 nitrogen and oxygen atoms in total. The van der Waals surface area contributed by atoms with Crippen molar-refractivity contribution >= 4 is 35.8 Å². The van der Waals surface area contributed by atoms with Crippen LogP contribution in [0.15, 0.2) is 29.3 Å². The van der Waals surface area contributed by atoms with Gasteiger partial charge in [-0.05, 0) is 29.9 Å². The number of benzene rings is 1. The van der Waals surface area contributed by atoms with Crippen LogP contribution in [0.25, 0.3) is 0 Å². The molecule has 1 unspecified atom stereocenters. The summed E-state index contributed by atoms with van der Waals surface area (Å²) in [5.41, 5.74) is 2.60. The number of nitrogens with zero attached hydrogens (tertiary/aromatic N) is 3. The zero-order valence-corrected chi connectivity index (χ0v) is 21.4. The van der Waals surface area contributed by atoms with Crippen LogP contribution >= 0.6 is 24.0 Å². The molecule has 1 saturated heterocycles. The van der Waals surface area contributed by atoms with Crippen molar-refractivity contribution in [3.05, 3.63) is 35.4 Å². The van der Waals surface area contributed by atoms with E-state index >= 15 is 0 Å². The SMILES string of the molecule is CN=C(NCC(=O)N1CCc2ccccc2C1)NCC(CC(C)C)N1CCOCC1.I. The highest BCUT2D eigenvalue weighted by Gasteiger charge is 2.23. The Labute approximate surface area is 204 Å². The normalized spacial score (nSPS) is 18.2. The van der Waals surface area contributed by atoms with Crippen LogP contribution < -0.4 is 10.6 Å². The Kier molecular flexibility index (Phi) is 11.0. The first-order valence-corrected chi connectivity index (χ1v) is 11.2. The summed E-state index contributed by atoms with van der Waals surface area (Å²) in [6, 6.07) is 8.81. The van der Waals surface area contributed by atoms with Crippen molar-refractivity contribution < 1.29 is 9.53 Å². The van der Waals surface area contributed by atoms with Crippen molar-refractivity contribution in [2.75, 3.05) is 53.0 Å². The van der Waals surface area contributed by atoms with Crippen molar-refractivity contribution in [2.24, 2.45) is 10.9 Å². The molecule has 8 heteroatoms. The maximum atomic E-state index is 12.7. The standard InChI is InChI=1S/C23H37N5O2.HI/c1-18(2)14-21(27-10-12-30-13-11-27)15-25-23(24-3)26-16-22(29)28-9-8-19-6-4-5-7-20(19)17-28;/h4-7,18,21H,8-17H2,1-3H3,(H2,24,25,26);1H. The maximum Gasteiger partial charge on any atom is 0.242 e. The van der Waals surface area contributed by atoms with E-state index < -0.39 is 0 Å². The molecule has 0 aromatic heterocycles. The monoisotopic (exact) mass is 543 g/mol. The summed E-state index contributed by atoms with van der Waals surface area (Å²) < 4.78 is 5.51. The van der Waals surface area contributed by atoms with Crippen LogP contribution in [0.4, 0.5) is 0 Å². The number of fused-ring (bicyclic) bond motifs is 1. The third-order valence-electron chi connectivity index (χ3n) is 5.92. The lowest BCUT2D eigenvalue weighted by Crippen LogP contribution is -2.52. The van der Waals surface area contributed by atoms with Crippen LogP contribution in [-0.4, -0.2) is 80.7 Å². The van der Waals surface area contributed by atoms with Gasteiger partial charge >= 0.3 is 0 Å². The zero-order valence-electron chi connectivity index (χ0n) is 19.1. The number of carbonyl (C=O) groups excluding carboxylic acids is 1. The van der Waals surface area contributed by atoms with Crippen molar-refractivity contribution in [3.63, 3.8) is 0 Å². The molecule has 0 bridgehead atoms. The number of guanidine groups is 1. The van der Waals surface area contributed by atoms with Crippen molar-refractivity contribution in [1.29, 1.82) is 0 Å². The summed E-state index contributed by atoms with van der Waals surface area (Å²) in [5.74, 6) is 1.42. The smallest absolute Gasteiger partial charge is 0.242 e. The summed E-state index contributed by atoms with van der Waals surface area (Å²) >= 11 is 0. The molecule has 1 atom stereocenters. The number of hydrogen-bond acceptors (Lipinski definition) is 4. The molecule has 0 radical (unpaired) electrons. The number of rotatable bonds is 7. The minimum Gasteiger partial charge on any atom is -0.379 e. The predicted octanol–water partition coefficient (Wildman–Crippen LogP) is 2.10. The average Bonchev–Trinajstić information content (AvgIpc) is 2.78. The number of morpholine rings is 1. The van der Waals surface area contributed by atoms with Gasteiger partial charge in [0.15, 0.2) is 5.96 Å². The number of nitrogens with one attached hydrogen (secondary N) is 2. The van der Waals surface area contributed by atoms with E-state index in [1.54, 1.807) is 7.05 Å². The molecule has 2 heterocycles. The molecule has 0 saturated carbocycles. The van der Waals surface area contributed by atoms with Crippen molar-refractivity contribution in [3.8, 4) is 0 Å². The fraction of sp³-hybridized carbons (Fsp3) is 0.652. The third kappa shape index (κ3) is 7.91. The molecule has 1 aromatic carbocycles. The summed E-state index contributed by atoms with van der Waals surface area (Å²) in [6.07, 6.45) is 2.04. The molecular weight excluding hydrogens is 505 g/mol. The highest BCUT2D eigenvalue weighted by Crippen LogP contribution is 2.18. The molecule has 3 rings (SSSR count). The summed E-state index contributed by atoms with van der Waals surface area (Å²) in [4.78, 5) is 21.5. The second kappa shape index (κ2) is 13.2. The van der Waals surface area contributed by atoms with E-state index in [9.17, 15) is 4.79 Å². The van der Waals surface area contributed by atoms with Gasteiger partial charge in [-0.3, -0.25) is 14.7 Å². The molecule has 1 fully saturated rings. The quantitative estimate of drug-likeness (QED) is 0.313. The Morgan fingerprint density at radius 1 is 1.13 bits per heavy atom. The third-order valence-corrected chi connectivity index (χ3v) is 5.92. The molecule has 2 aliphatic heterocycles. The lowest BCUT2D eigenvalue weighted by atomic mass is 10.00. The van der Waals surface area contributed by atoms with E-state index in [2.05, 4.69) is 52.6 Å². The van der Waals surface area contributed by atoms with Gasteiger partial charge in [-0.15, -0.1) is 24.0 Å². The van der Waals surface area contributed by atoms with Crippen molar-refractivity contribution in [2.45, 2.75) is 39.3 Å². The lowest BCUT2D eigenvalue weighted by molar-refractivity contribution is -0.130. The predicted molar refractivity (Wildman–Crippen MR) is 136 cm³/mol. The van der Waals surface area contributed by atoms with Gasteiger partial charge in [0.1, 0.15) is 0 Å². The van der Waals surface area contributed by atoms with E-state index in [4.69, 9.17) is 4.74 Å². The van der Waals surface area contributed by atoms with Gasteiger partial charge in [-0.1, -0.05) is 38.1 Å². The van der Waals surface area contributed by atoms with Gasteiger partial charge < -0.3 is 20.3 Å². The van der Waals surface area contributed by atoms with E-state index in [1.165, 1.54) is 11.1 Å². The number of halogens is 1. The Bertz CT molecular complexity index is 722. The number of amides is 1. The zero-order chi connectivity index (χ0) is 21.3. The highest BCUT2D eigenvalue weighted by molar-refractivity contribution is 14.0. The molecule has 2 N–H and O–H groups in total. The molecule has 2 aliphatic rings. The number of ether oxygens (including phenoxy) is 1. The molecule has 0 aliphatic carbocycles. The Morgan fingerprint density at radius 2 is 1.84 bits per heavy atom. The van der Waals surface area contributed by atoms with Gasteiger partial charge in [-0.25, -0.2) is 0 Å². The summed E-state index contributed by atoms with van der Waals surface area (Å²) in [6.45, 7) is 10.6. The van der Waals surface area contributed by atoms with E-state index in [0.29, 0.717) is 24.5 Å². The Balaban J connectivity index is 0.00000341. The average molecular weight is 543 g/mol. The fourth-order valence-corrected chi connectivity index (χ4v) is 4.26. The Morgan fingerprint density at radius 3 is 2.52 bits per heavy atom. The molecular formula is C23H38IN5O2. The van der Waals surface area contributed by atoms with Gasteiger partial charge in [0, 0.05) is 45.8 Å². The molecule has 31 heavy (non-hydrogen) atoms. The first kappa shape index (κ1) is 25.9. The first-order valence-electron chi connectivity index (χ1n) is 11.2. The number of carbonyl (C=O) groups is 1. The molecule has 174 valence electrons. The van der Waals surface area contributed by atoms with Gasteiger partial charge in [0.25, 0.3) is 0 Å². The van der Waals surface area contributed by atoms with E-state index in [0.717, 1.165) is 52.2 Å². The lowest BCUT2D eigenvalue weighted by Gasteiger charge is -2.35. The highest BCUT2D eigenvalue weighted by atomic mass is 127. The topological polar surface area (TPSA) is 69.2 Å². The van der Waals surface area contributed by atoms with E-state index in [1.807, 2.05) is 11.0 Å². The van der Waals surface area contributed by atoms with Crippen LogP contribution in [-0.2, 0) is 22.5 Å². The van der Waals surface area contributed by atoms with Crippen LogP contribution in [0.3, 0.4) is 0 Å². The molecule has 0 spiro atoms. The van der Waals surface area contributed by atoms with Crippen molar-refractivity contribution in [1.82, 2.24) is 20.4 Å². The van der Waals surface area contributed by atoms with Gasteiger partial charge in [0.2, 0.25) is 5.91 Å². The maximum absolute atomic E-state index is 12.7. The Hall–Kier alpha value is -1.39. The minimum atomic E-state index is 0. The minimum absolute atomic E-state index is 0. The second-order valence-electron chi connectivity index (χ2n) is 8.57. The molecule has 1 aromatic rings. The van der Waals surface area contributed by atoms with Gasteiger partial charge in [0.05, 0.1) is 19.8 Å². The summed E-state index contributed by atoms with van der Waals surface area (Å²) in [7, 11) is 1.75. The summed E-state index contributed by atoms with van der Waals surface area (Å²) in [5, 5.41) is 6.64. The van der Waals surface area contributed by atoms with Crippen LogP contribution in [0.5, 0.6) is 0 Å². The largest absolute Gasteiger partial charge is 0.379 e. The molecule has 1 amide bonds. The van der Waals surface area contributed by atoms with E-state index in [-0.39, 0.29) is 36.4 Å². The van der Waals surface area contributed by atoms with Crippen LogP contribution in [0.2, 0.25) is 0 Å². The second-order valence-corrected chi connectivity index (χ2v) is 8.57. The first-order chi connectivity index (χ1) is 14.6. The van der Waals surface area contributed by atoms with Crippen LogP contribution in [0.1, 0.15) is 31.4 Å². The fourth-order valence-electron chi connectivity index (χ4n) is 4.26.